The molecule has 0 aliphatic heterocycles. The van der Waals surface area contributed by atoms with Crippen molar-refractivity contribution in [2.45, 2.75) is 32.2 Å². The van der Waals surface area contributed by atoms with Crippen molar-refractivity contribution in [1.29, 1.82) is 0 Å². The Balaban J connectivity index is 1.39. The van der Waals surface area contributed by atoms with Gasteiger partial charge in [-0.3, -0.25) is 14.2 Å². The minimum absolute atomic E-state index is 0.168. The van der Waals surface area contributed by atoms with Gasteiger partial charge in [0, 0.05) is 19.6 Å². The van der Waals surface area contributed by atoms with Crippen LogP contribution in [0.15, 0.2) is 107 Å². The standard InChI is InChI=1S/C35H32N4O3S/c1-3-42-20-19-35(2,38-32(40)21-24-13-15-26(16-14-24)25-9-5-4-6-10-25)34-37-29-12-8-7-11-28(29)33(41)39(34)27-17-18-30-31(22-27)43-23-36-30/h4-18,22-23H,3,19-21H2,1-2H3,(H,38,40). The van der Waals surface area contributed by atoms with Gasteiger partial charge in [-0.25, -0.2) is 9.97 Å². The molecule has 43 heavy (non-hydrogen) atoms. The largest absolute Gasteiger partial charge is 0.382 e. The Morgan fingerprint density at radius 3 is 2.47 bits per heavy atom. The molecule has 1 N–H and O–H groups in total. The maximum Gasteiger partial charge on any atom is 0.266 e. The summed E-state index contributed by atoms with van der Waals surface area (Å²) < 4.78 is 8.33. The number of hydrogen-bond acceptors (Lipinski definition) is 6. The van der Waals surface area contributed by atoms with E-state index in [9.17, 15) is 9.59 Å². The number of thiazole rings is 1. The highest BCUT2D eigenvalue weighted by Gasteiger charge is 2.34. The van der Waals surface area contributed by atoms with Gasteiger partial charge in [0.1, 0.15) is 5.82 Å². The third kappa shape index (κ3) is 5.98. The maximum atomic E-state index is 14.1. The number of nitrogens with zero attached hydrogens (tertiary/aromatic N) is 3. The smallest absolute Gasteiger partial charge is 0.266 e. The molecule has 6 aromatic rings. The summed E-state index contributed by atoms with van der Waals surface area (Å²) in [5.41, 5.74) is 5.80. The lowest BCUT2D eigenvalue weighted by molar-refractivity contribution is -0.122. The Labute approximate surface area is 253 Å². The topological polar surface area (TPSA) is 86.1 Å². The van der Waals surface area contributed by atoms with Crippen molar-refractivity contribution < 1.29 is 9.53 Å². The first-order valence-corrected chi connectivity index (χ1v) is 15.2. The molecular formula is C35H32N4O3S. The molecule has 0 fully saturated rings. The van der Waals surface area contributed by atoms with Crippen LogP contribution in [0.4, 0.5) is 0 Å². The molecule has 0 spiro atoms. The molecule has 0 saturated carbocycles. The van der Waals surface area contributed by atoms with E-state index in [0.717, 1.165) is 26.9 Å². The van der Waals surface area contributed by atoms with E-state index in [1.165, 1.54) is 11.3 Å². The summed E-state index contributed by atoms with van der Waals surface area (Å²) in [6.07, 6.45) is 0.608. The van der Waals surface area contributed by atoms with E-state index in [1.807, 2.05) is 92.7 Å². The van der Waals surface area contributed by atoms with Crippen molar-refractivity contribution in [3.05, 3.63) is 124 Å². The highest BCUT2D eigenvalue weighted by Crippen LogP contribution is 2.29. The number of carbonyl (C=O) groups is 1. The average Bonchev–Trinajstić information content (AvgIpc) is 3.50. The van der Waals surface area contributed by atoms with Crippen molar-refractivity contribution in [2.75, 3.05) is 13.2 Å². The number of rotatable bonds is 10. The molecule has 1 amide bonds. The van der Waals surface area contributed by atoms with Gasteiger partial charge in [-0.2, -0.15) is 0 Å². The molecule has 0 aliphatic carbocycles. The summed E-state index contributed by atoms with van der Waals surface area (Å²) in [6.45, 7) is 4.78. The number of fused-ring (bicyclic) bond motifs is 2. The first-order chi connectivity index (χ1) is 20.9. The summed E-state index contributed by atoms with van der Waals surface area (Å²) in [5.74, 6) is 0.283. The highest BCUT2D eigenvalue weighted by molar-refractivity contribution is 7.16. The fourth-order valence-corrected chi connectivity index (χ4v) is 6.07. The Morgan fingerprint density at radius 2 is 1.67 bits per heavy atom. The summed E-state index contributed by atoms with van der Waals surface area (Å²) >= 11 is 1.51. The van der Waals surface area contributed by atoms with Crippen molar-refractivity contribution >= 4 is 38.4 Å². The molecule has 7 nitrogen and oxygen atoms in total. The lowest BCUT2D eigenvalue weighted by Gasteiger charge is -2.32. The van der Waals surface area contributed by atoms with Gasteiger partial charge in [-0.1, -0.05) is 66.7 Å². The Kier molecular flexibility index (Phi) is 8.13. The van der Waals surface area contributed by atoms with Gasteiger partial charge in [0.05, 0.1) is 44.3 Å². The van der Waals surface area contributed by atoms with Crippen LogP contribution in [0, 0.1) is 0 Å². The Bertz CT molecular complexity index is 1950. The summed E-state index contributed by atoms with van der Waals surface area (Å²) in [4.78, 5) is 37.2. The second-order valence-corrected chi connectivity index (χ2v) is 11.6. The molecule has 8 heteroatoms. The highest BCUT2D eigenvalue weighted by atomic mass is 32.1. The number of ether oxygens (including phenoxy) is 1. The Hall–Kier alpha value is -4.66. The second kappa shape index (κ2) is 12.3. The van der Waals surface area contributed by atoms with Crippen LogP contribution in [0.2, 0.25) is 0 Å². The van der Waals surface area contributed by atoms with E-state index >= 15 is 0 Å². The van der Waals surface area contributed by atoms with Crippen LogP contribution >= 0.6 is 11.3 Å². The fourth-order valence-electron chi connectivity index (χ4n) is 5.36. The molecule has 2 heterocycles. The number of carbonyl (C=O) groups excluding carboxylic acids is 1. The molecule has 0 bridgehead atoms. The number of hydrogen-bond donors (Lipinski definition) is 1. The van der Waals surface area contributed by atoms with Crippen molar-refractivity contribution in [1.82, 2.24) is 19.9 Å². The molecule has 0 saturated heterocycles. The molecule has 6 rings (SSSR count). The number of para-hydroxylation sites is 1. The van der Waals surface area contributed by atoms with E-state index < -0.39 is 5.54 Å². The van der Waals surface area contributed by atoms with Crippen LogP contribution in [-0.2, 0) is 21.5 Å². The number of aromatic nitrogens is 3. The minimum Gasteiger partial charge on any atom is -0.382 e. The Morgan fingerprint density at radius 1 is 0.930 bits per heavy atom. The van der Waals surface area contributed by atoms with Gasteiger partial charge in [0.25, 0.3) is 5.56 Å². The molecule has 0 aliphatic rings. The lowest BCUT2D eigenvalue weighted by atomic mass is 9.94. The van der Waals surface area contributed by atoms with Gasteiger partial charge in [0.15, 0.2) is 0 Å². The van der Waals surface area contributed by atoms with Gasteiger partial charge < -0.3 is 10.1 Å². The molecular weight excluding hydrogens is 556 g/mol. The predicted molar refractivity (Wildman–Crippen MR) is 173 cm³/mol. The van der Waals surface area contributed by atoms with Gasteiger partial charge in [0.2, 0.25) is 5.91 Å². The van der Waals surface area contributed by atoms with E-state index in [-0.39, 0.29) is 17.9 Å². The van der Waals surface area contributed by atoms with Crippen LogP contribution in [0.1, 0.15) is 31.7 Å². The summed E-state index contributed by atoms with van der Waals surface area (Å²) in [7, 11) is 0. The minimum atomic E-state index is -1.01. The van der Waals surface area contributed by atoms with E-state index in [4.69, 9.17) is 9.72 Å². The lowest BCUT2D eigenvalue weighted by Crippen LogP contribution is -2.48. The van der Waals surface area contributed by atoms with Gasteiger partial charge in [-0.05, 0) is 60.9 Å². The monoisotopic (exact) mass is 588 g/mol. The zero-order valence-corrected chi connectivity index (χ0v) is 24.9. The van der Waals surface area contributed by atoms with Crippen LogP contribution in [0.25, 0.3) is 37.9 Å². The summed E-state index contributed by atoms with van der Waals surface area (Å²) in [6, 6.07) is 31.2. The SMILES string of the molecule is CCOCCC(C)(NC(=O)Cc1ccc(-c2ccccc2)cc1)c1nc2ccccc2c(=O)n1-c1ccc2ncsc2c1. The summed E-state index contributed by atoms with van der Waals surface area (Å²) in [5, 5.41) is 3.75. The van der Waals surface area contributed by atoms with Crippen LogP contribution < -0.4 is 10.9 Å². The van der Waals surface area contributed by atoms with E-state index in [2.05, 4.69) is 22.4 Å². The van der Waals surface area contributed by atoms with Crippen LogP contribution in [0.3, 0.4) is 0 Å². The first-order valence-electron chi connectivity index (χ1n) is 14.3. The third-order valence-electron chi connectivity index (χ3n) is 7.63. The van der Waals surface area contributed by atoms with Gasteiger partial charge in [-0.15, -0.1) is 11.3 Å². The van der Waals surface area contributed by atoms with Crippen molar-refractivity contribution in [2.24, 2.45) is 0 Å². The first kappa shape index (κ1) is 28.5. The molecule has 1 atom stereocenters. The fraction of sp³-hybridized carbons (Fsp3) is 0.200. The van der Waals surface area contributed by atoms with Crippen LogP contribution in [-0.4, -0.2) is 33.7 Å². The van der Waals surface area contributed by atoms with Crippen LogP contribution in [0.5, 0.6) is 0 Å². The molecule has 0 radical (unpaired) electrons. The van der Waals surface area contributed by atoms with E-state index in [0.29, 0.717) is 42.0 Å². The van der Waals surface area contributed by atoms with E-state index in [1.54, 1.807) is 16.1 Å². The van der Waals surface area contributed by atoms with Crippen molar-refractivity contribution in [3.63, 3.8) is 0 Å². The molecule has 2 aromatic heterocycles. The zero-order chi connectivity index (χ0) is 29.8. The number of amides is 1. The zero-order valence-electron chi connectivity index (χ0n) is 24.1. The molecule has 216 valence electrons. The maximum absolute atomic E-state index is 14.1. The quantitative estimate of drug-likeness (QED) is 0.181. The number of nitrogens with one attached hydrogen (secondary N) is 1. The second-order valence-electron chi connectivity index (χ2n) is 10.7. The number of benzene rings is 4. The van der Waals surface area contributed by atoms with Crippen molar-refractivity contribution in [3.8, 4) is 16.8 Å². The average molecular weight is 589 g/mol. The normalized spacial score (nSPS) is 12.8. The molecule has 4 aromatic carbocycles. The van der Waals surface area contributed by atoms with Gasteiger partial charge >= 0.3 is 0 Å². The predicted octanol–water partition coefficient (Wildman–Crippen LogP) is 6.66. The molecule has 1 unspecified atom stereocenters. The third-order valence-corrected chi connectivity index (χ3v) is 8.43.